The fourth-order valence-corrected chi connectivity index (χ4v) is 3.88. The van der Waals surface area contributed by atoms with E-state index in [1.807, 2.05) is 17.9 Å². The minimum Gasteiger partial charge on any atom is -0.226 e. The average Bonchev–Trinajstić information content (AvgIpc) is 3.23. The number of aromatic nitrogens is 4. The standard InChI is InChI=1S/C23H25N4/c1-17(2)22-18(3)26(21-15-16-24-25(21)4)23(19-11-7-5-8-12-19)27(22)20-13-9-6-10-14-20/h5-17H,1-4H3/q+1. The van der Waals surface area contributed by atoms with Crippen molar-refractivity contribution in [2.75, 3.05) is 0 Å². The number of benzene rings is 2. The van der Waals surface area contributed by atoms with Crippen molar-refractivity contribution >= 4 is 0 Å². The summed E-state index contributed by atoms with van der Waals surface area (Å²) in [5.41, 5.74) is 4.89. The molecule has 0 spiro atoms. The van der Waals surface area contributed by atoms with E-state index in [0.29, 0.717) is 5.92 Å². The molecule has 0 radical (unpaired) electrons. The minimum absolute atomic E-state index is 0.377. The lowest BCUT2D eigenvalue weighted by atomic mass is 10.1. The first-order valence-corrected chi connectivity index (χ1v) is 9.36. The van der Waals surface area contributed by atoms with Crippen LogP contribution in [-0.2, 0) is 7.05 Å². The molecule has 4 aromatic rings. The van der Waals surface area contributed by atoms with E-state index in [9.17, 15) is 0 Å². The van der Waals surface area contributed by atoms with Crippen LogP contribution in [-0.4, -0.2) is 14.3 Å². The Morgan fingerprint density at radius 2 is 1.52 bits per heavy atom. The second-order valence-corrected chi connectivity index (χ2v) is 7.13. The predicted octanol–water partition coefficient (Wildman–Crippen LogP) is 4.59. The van der Waals surface area contributed by atoms with Crippen LogP contribution in [0.1, 0.15) is 31.2 Å². The largest absolute Gasteiger partial charge is 0.253 e. The third-order valence-electron chi connectivity index (χ3n) is 4.99. The van der Waals surface area contributed by atoms with Gasteiger partial charge in [-0.2, -0.15) is 9.25 Å². The van der Waals surface area contributed by atoms with Crippen molar-refractivity contribution < 1.29 is 4.57 Å². The van der Waals surface area contributed by atoms with E-state index in [4.69, 9.17) is 0 Å². The van der Waals surface area contributed by atoms with E-state index in [1.165, 1.54) is 22.6 Å². The Hall–Kier alpha value is -3.14. The Morgan fingerprint density at radius 3 is 2.07 bits per heavy atom. The normalized spacial score (nSPS) is 11.3. The van der Waals surface area contributed by atoms with Crippen molar-refractivity contribution in [3.63, 3.8) is 0 Å². The third kappa shape index (κ3) is 2.87. The summed E-state index contributed by atoms with van der Waals surface area (Å²) in [6.45, 7) is 6.71. The molecule has 0 N–H and O–H groups in total. The van der Waals surface area contributed by atoms with E-state index in [2.05, 4.69) is 102 Å². The number of imidazole rings is 1. The molecular weight excluding hydrogens is 332 g/mol. The molecule has 0 atom stereocenters. The highest BCUT2D eigenvalue weighted by atomic mass is 15.3. The van der Waals surface area contributed by atoms with Crippen LogP contribution >= 0.6 is 0 Å². The molecule has 0 aliphatic carbocycles. The molecule has 4 heteroatoms. The molecule has 2 heterocycles. The Kier molecular flexibility index (Phi) is 4.40. The summed E-state index contributed by atoms with van der Waals surface area (Å²) in [6, 6.07) is 23.3. The second-order valence-electron chi connectivity index (χ2n) is 7.13. The molecule has 0 aliphatic heterocycles. The lowest BCUT2D eigenvalue weighted by Gasteiger charge is -2.10. The monoisotopic (exact) mass is 357 g/mol. The zero-order valence-electron chi connectivity index (χ0n) is 16.3. The summed E-state index contributed by atoms with van der Waals surface area (Å²) in [5.74, 6) is 2.58. The van der Waals surface area contributed by atoms with Crippen LogP contribution in [0.5, 0.6) is 0 Å². The lowest BCUT2D eigenvalue weighted by molar-refractivity contribution is -0.595. The molecule has 0 bridgehead atoms. The van der Waals surface area contributed by atoms with Gasteiger partial charge in [-0.1, -0.05) is 50.2 Å². The van der Waals surface area contributed by atoms with Crippen molar-refractivity contribution in [3.8, 4) is 22.9 Å². The first-order chi connectivity index (χ1) is 13.1. The van der Waals surface area contributed by atoms with Gasteiger partial charge < -0.3 is 0 Å². The number of para-hydroxylation sites is 1. The van der Waals surface area contributed by atoms with Crippen molar-refractivity contribution in [3.05, 3.63) is 84.3 Å². The molecule has 0 saturated carbocycles. The van der Waals surface area contributed by atoms with Crippen molar-refractivity contribution in [2.45, 2.75) is 26.7 Å². The first-order valence-electron chi connectivity index (χ1n) is 9.36. The molecule has 2 aromatic carbocycles. The van der Waals surface area contributed by atoms with Crippen LogP contribution in [0.25, 0.3) is 22.9 Å². The van der Waals surface area contributed by atoms with Crippen LogP contribution in [0.15, 0.2) is 72.9 Å². The Morgan fingerprint density at radius 1 is 0.889 bits per heavy atom. The SMILES string of the molecule is Cc1c(C(C)C)n(-c2ccccc2)c(-c2ccccc2)[n+]1-c1ccnn1C. The van der Waals surface area contributed by atoms with E-state index in [1.54, 1.807) is 0 Å². The molecule has 0 aliphatic rings. The van der Waals surface area contributed by atoms with Gasteiger partial charge in [-0.15, -0.1) is 5.10 Å². The van der Waals surface area contributed by atoms with Crippen LogP contribution < -0.4 is 4.57 Å². The number of hydrogen-bond acceptors (Lipinski definition) is 1. The quantitative estimate of drug-likeness (QED) is 0.491. The smallest absolute Gasteiger partial charge is 0.226 e. The number of aryl methyl sites for hydroxylation is 1. The van der Waals surface area contributed by atoms with Crippen LogP contribution in [0.2, 0.25) is 0 Å². The van der Waals surface area contributed by atoms with Crippen molar-refractivity contribution in [1.29, 1.82) is 0 Å². The topological polar surface area (TPSA) is 26.6 Å². The van der Waals surface area contributed by atoms with Crippen molar-refractivity contribution in [2.24, 2.45) is 7.05 Å². The molecule has 0 unspecified atom stereocenters. The van der Waals surface area contributed by atoms with E-state index in [0.717, 1.165) is 11.6 Å². The van der Waals surface area contributed by atoms with Crippen LogP contribution in [0, 0.1) is 6.92 Å². The summed E-state index contributed by atoms with van der Waals surface area (Å²) >= 11 is 0. The van der Waals surface area contributed by atoms with E-state index >= 15 is 0 Å². The minimum atomic E-state index is 0.377. The van der Waals surface area contributed by atoms with Gasteiger partial charge in [-0.3, -0.25) is 0 Å². The molecule has 0 amide bonds. The summed E-state index contributed by atoms with van der Waals surface area (Å²) < 4.78 is 6.64. The molecule has 2 aromatic heterocycles. The Balaban J connectivity index is 2.16. The number of rotatable bonds is 4. The number of hydrogen-bond donors (Lipinski definition) is 0. The molecule has 4 rings (SSSR count). The average molecular weight is 357 g/mol. The zero-order valence-corrected chi connectivity index (χ0v) is 16.3. The van der Waals surface area contributed by atoms with Gasteiger partial charge in [0.05, 0.1) is 13.2 Å². The first kappa shape index (κ1) is 17.3. The maximum atomic E-state index is 4.41. The lowest BCUT2D eigenvalue weighted by Crippen LogP contribution is -2.37. The van der Waals surface area contributed by atoms with Crippen molar-refractivity contribution in [1.82, 2.24) is 14.3 Å². The highest BCUT2D eigenvalue weighted by Crippen LogP contribution is 2.30. The molecule has 0 saturated heterocycles. The second kappa shape index (κ2) is 6.88. The highest BCUT2D eigenvalue weighted by Gasteiger charge is 2.31. The maximum Gasteiger partial charge on any atom is 0.253 e. The van der Waals surface area contributed by atoms with Crippen LogP contribution in [0.3, 0.4) is 0 Å². The van der Waals surface area contributed by atoms with Gasteiger partial charge in [0.2, 0.25) is 5.82 Å². The Bertz CT molecular complexity index is 1060. The number of nitrogens with zero attached hydrogens (tertiary/aromatic N) is 4. The summed E-state index contributed by atoms with van der Waals surface area (Å²) in [4.78, 5) is 0. The summed E-state index contributed by atoms with van der Waals surface area (Å²) in [7, 11) is 1.99. The molecule has 27 heavy (non-hydrogen) atoms. The van der Waals surface area contributed by atoms with Gasteiger partial charge >= 0.3 is 0 Å². The molecule has 136 valence electrons. The third-order valence-corrected chi connectivity index (χ3v) is 4.99. The Labute approximate surface area is 160 Å². The summed E-state index contributed by atoms with van der Waals surface area (Å²) in [6.07, 6.45) is 1.85. The van der Waals surface area contributed by atoms with Gasteiger partial charge in [0.15, 0.2) is 0 Å². The van der Waals surface area contributed by atoms with Gasteiger partial charge in [-0.25, -0.2) is 4.57 Å². The summed E-state index contributed by atoms with van der Waals surface area (Å²) in [5, 5.41) is 4.41. The van der Waals surface area contributed by atoms with E-state index < -0.39 is 0 Å². The molecule has 0 fully saturated rings. The van der Waals surface area contributed by atoms with Gasteiger partial charge in [0.25, 0.3) is 5.82 Å². The fraction of sp³-hybridized carbons (Fsp3) is 0.217. The highest BCUT2D eigenvalue weighted by molar-refractivity contribution is 5.58. The molecule has 4 nitrogen and oxygen atoms in total. The predicted molar refractivity (Wildman–Crippen MR) is 108 cm³/mol. The van der Waals surface area contributed by atoms with E-state index in [-0.39, 0.29) is 0 Å². The van der Waals surface area contributed by atoms with Crippen LogP contribution in [0.4, 0.5) is 0 Å². The van der Waals surface area contributed by atoms with Gasteiger partial charge in [0.1, 0.15) is 17.1 Å². The fourth-order valence-electron chi connectivity index (χ4n) is 3.88. The zero-order chi connectivity index (χ0) is 19.0. The van der Waals surface area contributed by atoms with Gasteiger partial charge in [-0.05, 0) is 31.2 Å². The molecular formula is C23H25N4+. The van der Waals surface area contributed by atoms with Gasteiger partial charge in [0, 0.05) is 17.5 Å². The maximum absolute atomic E-state index is 4.41.